The molecule has 4 rings (SSSR count). The van der Waals surface area contributed by atoms with E-state index in [0.717, 1.165) is 10.4 Å². The van der Waals surface area contributed by atoms with Crippen LogP contribution in [0.5, 0.6) is 0 Å². The summed E-state index contributed by atoms with van der Waals surface area (Å²) in [6, 6.07) is 7.37. The number of hydrogen-bond donors (Lipinski definition) is 0. The number of carbonyl (C=O) groups is 1. The van der Waals surface area contributed by atoms with Gasteiger partial charge in [0.1, 0.15) is 16.8 Å². The molecule has 0 saturated carbocycles. The van der Waals surface area contributed by atoms with Gasteiger partial charge in [0.2, 0.25) is 15.9 Å². The maximum absolute atomic E-state index is 13.2. The number of piperazine rings is 1. The van der Waals surface area contributed by atoms with Crippen LogP contribution in [-0.4, -0.2) is 67.3 Å². The van der Waals surface area contributed by atoms with Crippen LogP contribution in [0.2, 0.25) is 5.02 Å². The Hall–Kier alpha value is -2.37. The summed E-state index contributed by atoms with van der Waals surface area (Å²) in [5.41, 5.74) is -0.825. The van der Waals surface area contributed by atoms with Gasteiger partial charge in [-0.15, -0.1) is 0 Å². The first-order valence-corrected chi connectivity index (χ1v) is 11.2. The van der Waals surface area contributed by atoms with Gasteiger partial charge in [0, 0.05) is 38.9 Å². The number of anilines is 1. The second-order valence-electron chi connectivity index (χ2n) is 7.21. The molecule has 0 radical (unpaired) electrons. The van der Waals surface area contributed by atoms with E-state index in [2.05, 4.69) is 4.98 Å². The third-order valence-electron chi connectivity index (χ3n) is 5.26. The molecule has 7 nitrogen and oxygen atoms in total. The monoisotopic (exact) mass is 474 g/mol. The number of pyridine rings is 1. The van der Waals surface area contributed by atoms with Crippen molar-refractivity contribution in [3.05, 3.63) is 53.2 Å². The number of carbonyl (C=O) groups excluding carboxylic acids is 1. The van der Waals surface area contributed by atoms with Crippen molar-refractivity contribution >= 4 is 33.3 Å². The van der Waals surface area contributed by atoms with E-state index in [1.165, 1.54) is 34.2 Å². The molecule has 31 heavy (non-hydrogen) atoms. The summed E-state index contributed by atoms with van der Waals surface area (Å²) in [5.74, 6) is -0.538. The van der Waals surface area contributed by atoms with E-state index in [9.17, 15) is 26.4 Å². The summed E-state index contributed by atoms with van der Waals surface area (Å²) in [6.07, 6.45) is -3.23. The number of hydrogen-bond acceptors (Lipinski definition) is 5. The lowest BCUT2D eigenvalue weighted by Crippen LogP contribution is -2.51. The van der Waals surface area contributed by atoms with Crippen LogP contribution in [0.25, 0.3) is 0 Å². The van der Waals surface area contributed by atoms with Crippen molar-refractivity contribution in [2.45, 2.75) is 17.1 Å². The Morgan fingerprint density at radius 1 is 1.06 bits per heavy atom. The molecule has 0 aliphatic carbocycles. The van der Waals surface area contributed by atoms with E-state index in [1.807, 2.05) is 0 Å². The highest BCUT2D eigenvalue weighted by molar-refractivity contribution is 7.89. The molecular formula is C19H18ClF3N4O3S. The molecule has 1 aromatic carbocycles. The van der Waals surface area contributed by atoms with Gasteiger partial charge in [-0.3, -0.25) is 4.79 Å². The van der Waals surface area contributed by atoms with Gasteiger partial charge in [0.25, 0.3) is 0 Å². The van der Waals surface area contributed by atoms with Crippen LogP contribution < -0.4 is 4.90 Å². The minimum absolute atomic E-state index is 0.0467. The van der Waals surface area contributed by atoms with Crippen LogP contribution >= 0.6 is 11.6 Å². The standard InChI is InChI=1S/C19H18ClF3N4O3S/c20-14-5-1-2-6-16(14)31(29,30)27-12-15(27)18(28)26-10-8-25(9-11-26)17-13(19(21,22)23)4-3-7-24-17/h1-7,15H,8-12H2/t15-,27?/m0/s1. The normalized spacial score (nSPS) is 21.8. The van der Waals surface area contributed by atoms with Gasteiger partial charge in [0.05, 0.1) is 10.6 Å². The van der Waals surface area contributed by atoms with E-state index in [-0.39, 0.29) is 54.4 Å². The Bertz CT molecular complexity index is 1100. The number of rotatable bonds is 4. The number of nitrogens with zero attached hydrogens (tertiary/aromatic N) is 4. The molecule has 2 aliphatic rings. The first-order valence-electron chi connectivity index (χ1n) is 9.43. The fourth-order valence-corrected chi connectivity index (χ4v) is 5.60. The third-order valence-corrected chi connectivity index (χ3v) is 7.63. The van der Waals surface area contributed by atoms with Gasteiger partial charge < -0.3 is 9.80 Å². The van der Waals surface area contributed by atoms with E-state index in [0.29, 0.717) is 0 Å². The fourth-order valence-electron chi connectivity index (χ4n) is 3.59. The quantitative estimate of drug-likeness (QED) is 0.637. The number of aromatic nitrogens is 1. The van der Waals surface area contributed by atoms with Crippen molar-refractivity contribution in [3.8, 4) is 0 Å². The molecule has 166 valence electrons. The maximum atomic E-state index is 13.2. The highest BCUT2D eigenvalue weighted by atomic mass is 35.5. The van der Waals surface area contributed by atoms with Crippen molar-refractivity contribution in [1.29, 1.82) is 0 Å². The second-order valence-corrected chi connectivity index (χ2v) is 9.47. The van der Waals surface area contributed by atoms with Gasteiger partial charge in [0.15, 0.2) is 0 Å². The highest BCUT2D eigenvalue weighted by Crippen LogP contribution is 2.36. The van der Waals surface area contributed by atoms with Gasteiger partial charge in [-0.2, -0.15) is 17.5 Å². The average molecular weight is 475 g/mol. The van der Waals surface area contributed by atoms with Crippen LogP contribution in [0.3, 0.4) is 0 Å². The first kappa shape index (κ1) is 21.8. The third kappa shape index (κ3) is 4.21. The Kier molecular flexibility index (Phi) is 5.61. The Labute approximate surface area is 182 Å². The Morgan fingerprint density at radius 2 is 1.74 bits per heavy atom. The van der Waals surface area contributed by atoms with Gasteiger partial charge >= 0.3 is 6.18 Å². The minimum atomic E-state index is -4.53. The fraction of sp³-hybridized carbons (Fsp3) is 0.368. The summed E-state index contributed by atoms with van der Waals surface area (Å²) >= 11 is 5.98. The van der Waals surface area contributed by atoms with Crippen molar-refractivity contribution in [2.75, 3.05) is 37.6 Å². The molecule has 0 spiro atoms. The van der Waals surface area contributed by atoms with E-state index in [1.54, 1.807) is 12.1 Å². The zero-order valence-corrected chi connectivity index (χ0v) is 17.7. The van der Waals surface area contributed by atoms with Crippen molar-refractivity contribution < 1.29 is 26.4 Å². The molecule has 1 unspecified atom stereocenters. The predicted octanol–water partition coefficient (Wildman–Crippen LogP) is 2.48. The zero-order valence-electron chi connectivity index (χ0n) is 16.1. The summed E-state index contributed by atoms with van der Waals surface area (Å²) in [4.78, 5) is 19.5. The molecule has 12 heteroatoms. The van der Waals surface area contributed by atoms with E-state index < -0.39 is 27.8 Å². The Morgan fingerprint density at radius 3 is 2.39 bits per heavy atom. The van der Waals surface area contributed by atoms with Crippen molar-refractivity contribution in [2.24, 2.45) is 0 Å². The van der Waals surface area contributed by atoms with Crippen LogP contribution in [0.4, 0.5) is 19.0 Å². The van der Waals surface area contributed by atoms with E-state index in [4.69, 9.17) is 11.6 Å². The number of sulfonamides is 1. The highest BCUT2D eigenvalue weighted by Gasteiger charge is 2.51. The first-order chi connectivity index (χ1) is 14.6. The maximum Gasteiger partial charge on any atom is 0.419 e. The predicted molar refractivity (Wildman–Crippen MR) is 107 cm³/mol. The number of halogens is 4. The molecular weight excluding hydrogens is 457 g/mol. The molecule has 1 amide bonds. The lowest BCUT2D eigenvalue weighted by atomic mass is 10.2. The summed E-state index contributed by atoms with van der Waals surface area (Å²) in [6.45, 7) is 0.711. The number of benzene rings is 1. The Balaban J connectivity index is 1.41. The van der Waals surface area contributed by atoms with Crippen LogP contribution in [-0.2, 0) is 21.0 Å². The summed E-state index contributed by atoms with van der Waals surface area (Å²) in [5, 5.41) is 0.0741. The van der Waals surface area contributed by atoms with Crippen LogP contribution in [0, 0.1) is 0 Å². The van der Waals surface area contributed by atoms with Crippen LogP contribution in [0.15, 0.2) is 47.5 Å². The topological polar surface area (TPSA) is 73.6 Å². The average Bonchev–Trinajstić information content (AvgIpc) is 3.55. The summed E-state index contributed by atoms with van der Waals surface area (Å²) < 4.78 is 66.3. The molecule has 2 aromatic rings. The smallest absolute Gasteiger partial charge is 0.353 e. The van der Waals surface area contributed by atoms with Gasteiger partial charge in [-0.05, 0) is 24.3 Å². The minimum Gasteiger partial charge on any atom is -0.353 e. The largest absolute Gasteiger partial charge is 0.419 e. The molecule has 2 fully saturated rings. The molecule has 2 atom stereocenters. The SMILES string of the molecule is O=C([C@@H]1CN1S(=O)(=O)c1ccccc1Cl)N1CCN(c2ncccc2C(F)(F)F)CC1. The molecule has 2 saturated heterocycles. The number of amides is 1. The molecule has 1 aromatic heterocycles. The second kappa shape index (κ2) is 7.95. The van der Waals surface area contributed by atoms with E-state index >= 15 is 0 Å². The van der Waals surface area contributed by atoms with Gasteiger partial charge in [-0.25, -0.2) is 13.4 Å². The zero-order chi connectivity index (χ0) is 22.4. The lowest BCUT2D eigenvalue weighted by molar-refractivity contribution is -0.137. The molecule has 2 aliphatic heterocycles. The number of alkyl halides is 3. The van der Waals surface area contributed by atoms with Crippen molar-refractivity contribution in [3.63, 3.8) is 0 Å². The van der Waals surface area contributed by atoms with Gasteiger partial charge in [-0.1, -0.05) is 23.7 Å². The van der Waals surface area contributed by atoms with Crippen molar-refractivity contribution in [1.82, 2.24) is 14.2 Å². The van der Waals surface area contributed by atoms with Crippen LogP contribution in [0.1, 0.15) is 5.56 Å². The molecule has 3 heterocycles. The lowest BCUT2D eigenvalue weighted by Gasteiger charge is -2.36. The molecule has 0 N–H and O–H groups in total. The molecule has 0 bridgehead atoms. The summed E-state index contributed by atoms with van der Waals surface area (Å²) in [7, 11) is -3.90.